The van der Waals surface area contributed by atoms with Gasteiger partial charge in [-0.1, -0.05) is 23.9 Å². The zero-order valence-electron chi connectivity index (χ0n) is 10.1. The van der Waals surface area contributed by atoms with Crippen LogP contribution >= 0.6 is 27.7 Å². The first-order chi connectivity index (χ1) is 9.11. The van der Waals surface area contributed by atoms with E-state index in [9.17, 15) is 4.79 Å². The van der Waals surface area contributed by atoms with Crippen molar-refractivity contribution in [2.24, 2.45) is 0 Å². The zero-order valence-corrected chi connectivity index (χ0v) is 12.5. The SMILES string of the molecule is COC(=O)c1cc(Sc2ccccc2Br)ncc1N. The summed E-state index contributed by atoms with van der Waals surface area (Å²) in [6.07, 6.45) is 1.46. The van der Waals surface area contributed by atoms with Crippen LogP contribution in [0.1, 0.15) is 10.4 Å². The van der Waals surface area contributed by atoms with Crippen LogP contribution in [0.25, 0.3) is 0 Å². The quantitative estimate of drug-likeness (QED) is 0.869. The second-order valence-corrected chi connectivity index (χ2v) is 5.55. The summed E-state index contributed by atoms with van der Waals surface area (Å²) in [6.45, 7) is 0. The maximum absolute atomic E-state index is 11.6. The molecule has 0 aliphatic heterocycles. The molecule has 0 aliphatic rings. The predicted molar refractivity (Wildman–Crippen MR) is 78.3 cm³/mol. The molecule has 0 unspecified atom stereocenters. The van der Waals surface area contributed by atoms with E-state index in [0.29, 0.717) is 16.3 Å². The molecule has 1 aromatic heterocycles. The number of aromatic nitrogens is 1. The Labute approximate surface area is 123 Å². The molecule has 0 saturated carbocycles. The van der Waals surface area contributed by atoms with Gasteiger partial charge in [-0.2, -0.15) is 0 Å². The van der Waals surface area contributed by atoms with Crippen LogP contribution in [0.5, 0.6) is 0 Å². The van der Waals surface area contributed by atoms with Crippen molar-refractivity contribution >= 4 is 39.3 Å². The van der Waals surface area contributed by atoms with Gasteiger partial charge in [0.15, 0.2) is 0 Å². The molecule has 2 rings (SSSR count). The van der Waals surface area contributed by atoms with E-state index < -0.39 is 5.97 Å². The van der Waals surface area contributed by atoms with E-state index in [0.717, 1.165) is 9.37 Å². The molecule has 0 atom stereocenters. The lowest BCUT2D eigenvalue weighted by Gasteiger charge is -2.07. The maximum Gasteiger partial charge on any atom is 0.340 e. The number of nitrogens with zero attached hydrogens (tertiary/aromatic N) is 1. The van der Waals surface area contributed by atoms with E-state index >= 15 is 0 Å². The monoisotopic (exact) mass is 338 g/mol. The number of pyridine rings is 1. The van der Waals surface area contributed by atoms with Gasteiger partial charge < -0.3 is 10.5 Å². The Kier molecular flexibility index (Phi) is 4.44. The van der Waals surface area contributed by atoms with Gasteiger partial charge in [0.05, 0.1) is 24.6 Å². The Hall–Kier alpha value is -1.53. The van der Waals surface area contributed by atoms with Crippen molar-refractivity contribution in [2.45, 2.75) is 9.92 Å². The minimum atomic E-state index is -0.464. The number of esters is 1. The highest BCUT2D eigenvalue weighted by Gasteiger charge is 2.12. The third-order valence-corrected chi connectivity index (χ3v) is 4.33. The minimum absolute atomic E-state index is 0.309. The van der Waals surface area contributed by atoms with Crippen LogP contribution in [-0.4, -0.2) is 18.1 Å². The van der Waals surface area contributed by atoms with Crippen molar-refractivity contribution in [3.05, 3.63) is 46.6 Å². The van der Waals surface area contributed by atoms with Gasteiger partial charge >= 0.3 is 5.97 Å². The van der Waals surface area contributed by atoms with Crippen LogP contribution in [0.2, 0.25) is 0 Å². The molecule has 0 amide bonds. The summed E-state index contributed by atoms with van der Waals surface area (Å²) in [7, 11) is 1.32. The molecule has 1 aromatic carbocycles. The van der Waals surface area contributed by atoms with Gasteiger partial charge in [0.1, 0.15) is 5.03 Å². The first-order valence-electron chi connectivity index (χ1n) is 5.38. The summed E-state index contributed by atoms with van der Waals surface area (Å²) in [5, 5.41) is 0.682. The summed E-state index contributed by atoms with van der Waals surface area (Å²) < 4.78 is 5.65. The van der Waals surface area contributed by atoms with Gasteiger partial charge in [-0.05, 0) is 34.1 Å². The average Bonchev–Trinajstić information content (AvgIpc) is 2.42. The number of halogens is 1. The molecule has 2 N–H and O–H groups in total. The van der Waals surface area contributed by atoms with E-state index in [1.165, 1.54) is 25.1 Å². The van der Waals surface area contributed by atoms with Crippen LogP contribution in [0.15, 0.2) is 50.9 Å². The Bertz CT molecular complexity index is 619. The standard InChI is InChI=1S/C13H11BrN2O2S/c1-18-13(17)8-6-12(16-7-10(8)15)19-11-5-3-2-4-9(11)14/h2-7H,15H2,1H3. The van der Waals surface area contributed by atoms with Crippen molar-refractivity contribution in [3.63, 3.8) is 0 Å². The molecule has 4 nitrogen and oxygen atoms in total. The fourth-order valence-corrected chi connectivity index (χ4v) is 2.78. The molecule has 0 spiro atoms. The second kappa shape index (κ2) is 6.08. The van der Waals surface area contributed by atoms with E-state index in [-0.39, 0.29) is 0 Å². The lowest BCUT2D eigenvalue weighted by molar-refractivity contribution is 0.0601. The Morgan fingerprint density at radius 3 is 2.84 bits per heavy atom. The number of hydrogen-bond donors (Lipinski definition) is 1. The van der Waals surface area contributed by atoms with Crippen molar-refractivity contribution in [1.82, 2.24) is 4.98 Å². The van der Waals surface area contributed by atoms with E-state index in [1.54, 1.807) is 6.07 Å². The molecule has 6 heteroatoms. The number of rotatable bonds is 3. The molecule has 98 valence electrons. The molecule has 2 aromatic rings. The summed E-state index contributed by atoms with van der Waals surface area (Å²) in [5.74, 6) is -0.464. The summed E-state index contributed by atoms with van der Waals surface area (Å²) in [6, 6.07) is 9.41. The molecular formula is C13H11BrN2O2S. The first-order valence-corrected chi connectivity index (χ1v) is 6.99. The number of ether oxygens (including phenoxy) is 1. The van der Waals surface area contributed by atoms with Gasteiger partial charge in [-0.15, -0.1) is 0 Å². The molecular weight excluding hydrogens is 328 g/mol. The number of nitrogen functional groups attached to an aromatic ring is 1. The fourth-order valence-electron chi connectivity index (χ4n) is 1.43. The lowest BCUT2D eigenvalue weighted by Crippen LogP contribution is -2.06. The fraction of sp³-hybridized carbons (Fsp3) is 0.0769. The largest absolute Gasteiger partial charge is 0.465 e. The van der Waals surface area contributed by atoms with Crippen LogP contribution < -0.4 is 5.73 Å². The summed E-state index contributed by atoms with van der Waals surface area (Å²) in [4.78, 5) is 16.8. The Morgan fingerprint density at radius 2 is 2.16 bits per heavy atom. The van der Waals surface area contributed by atoms with Crippen molar-refractivity contribution in [2.75, 3.05) is 12.8 Å². The third-order valence-electron chi connectivity index (χ3n) is 2.37. The number of hydrogen-bond acceptors (Lipinski definition) is 5. The van der Waals surface area contributed by atoms with Crippen LogP contribution in [0.4, 0.5) is 5.69 Å². The highest BCUT2D eigenvalue weighted by molar-refractivity contribution is 9.10. The first kappa shape index (κ1) is 13.9. The highest BCUT2D eigenvalue weighted by Crippen LogP contribution is 2.33. The average molecular weight is 339 g/mol. The smallest absolute Gasteiger partial charge is 0.340 e. The number of methoxy groups -OCH3 is 1. The number of benzene rings is 1. The lowest BCUT2D eigenvalue weighted by atomic mass is 10.2. The van der Waals surface area contributed by atoms with E-state index in [2.05, 4.69) is 25.7 Å². The number of nitrogens with two attached hydrogens (primary N) is 1. The Morgan fingerprint density at radius 1 is 1.42 bits per heavy atom. The molecule has 0 radical (unpaired) electrons. The van der Waals surface area contributed by atoms with Gasteiger partial charge in [0.2, 0.25) is 0 Å². The topological polar surface area (TPSA) is 65.2 Å². The molecule has 0 aliphatic carbocycles. The number of anilines is 1. The third kappa shape index (κ3) is 3.27. The molecule has 0 bridgehead atoms. The van der Waals surface area contributed by atoms with Gasteiger partial charge in [0, 0.05) is 9.37 Å². The van der Waals surface area contributed by atoms with Gasteiger partial charge in [-0.25, -0.2) is 9.78 Å². The van der Waals surface area contributed by atoms with Crippen LogP contribution in [-0.2, 0) is 4.74 Å². The molecule has 19 heavy (non-hydrogen) atoms. The molecule has 1 heterocycles. The van der Waals surface area contributed by atoms with Gasteiger partial charge in [-0.3, -0.25) is 0 Å². The van der Waals surface area contributed by atoms with Crippen molar-refractivity contribution in [3.8, 4) is 0 Å². The van der Waals surface area contributed by atoms with E-state index in [4.69, 9.17) is 5.73 Å². The number of carbonyl (C=O) groups is 1. The van der Waals surface area contributed by atoms with Crippen LogP contribution in [0.3, 0.4) is 0 Å². The predicted octanol–water partition coefficient (Wildman–Crippen LogP) is 3.36. The minimum Gasteiger partial charge on any atom is -0.465 e. The van der Waals surface area contributed by atoms with Crippen LogP contribution in [0, 0.1) is 0 Å². The Balaban J connectivity index is 2.32. The highest BCUT2D eigenvalue weighted by atomic mass is 79.9. The van der Waals surface area contributed by atoms with E-state index in [1.807, 2.05) is 24.3 Å². The summed E-state index contributed by atoms with van der Waals surface area (Å²) in [5.41, 5.74) is 6.34. The van der Waals surface area contributed by atoms with Crippen molar-refractivity contribution in [1.29, 1.82) is 0 Å². The molecule has 0 saturated heterocycles. The summed E-state index contributed by atoms with van der Waals surface area (Å²) >= 11 is 4.91. The molecule has 0 fully saturated rings. The second-order valence-electron chi connectivity index (χ2n) is 3.63. The normalized spacial score (nSPS) is 10.2. The van der Waals surface area contributed by atoms with Gasteiger partial charge in [0.25, 0.3) is 0 Å². The maximum atomic E-state index is 11.6. The number of carbonyl (C=O) groups excluding carboxylic acids is 1. The van der Waals surface area contributed by atoms with Crippen molar-refractivity contribution < 1.29 is 9.53 Å². The zero-order chi connectivity index (χ0) is 13.8.